The van der Waals surface area contributed by atoms with Crippen LogP contribution in [0.3, 0.4) is 0 Å². The minimum absolute atomic E-state index is 0.259. The van der Waals surface area contributed by atoms with Gasteiger partial charge in [0.25, 0.3) is 11.1 Å². The number of hydrogen-bond donors (Lipinski definition) is 2. The third-order valence-corrected chi connectivity index (χ3v) is 4.78. The number of nitrogens with one attached hydrogen (secondary N) is 2. The maximum absolute atomic E-state index is 12.5. The number of carbonyl (C=O) groups is 3. The number of H-pyrrole nitrogens is 1. The van der Waals surface area contributed by atoms with E-state index in [1.165, 1.54) is 7.11 Å². The first-order valence-electron chi connectivity index (χ1n) is 8.21. The SMILES string of the molecule is COc1ccccc1C=C1SC(=O)N(CC(=O)NCCc2cnc[nH]2)C1=O. The largest absolute Gasteiger partial charge is 0.496 e. The van der Waals surface area contributed by atoms with Gasteiger partial charge in [0.05, 0.1) is 18.3 Å². The molecule has 2 aromatic rings. The van der Waals surface area contributed by atoms with Gasteiger partial charge in [-0.05, 0) is 23.9 Å². The number of aromatic nitrogens is 2. The molecule has 9 heteroatoms. The Kier molecular flexibility index (Phi) is 5.92. The maximum atomic E-state index is 12.5. The summed E-state index contributed by atoms with van der Waals surface area (Å²) in [6, 6.07) is 7.18. The van der Waals surface area contributed by atoms with E-state index in [0.29, 0.717) is 24.3 Å². The van der Waals surface area contributed by atoms with Crippen LogP contribution < -0.4 is 10.1 Å². The van der Waals surface area contributed by atoms with Gasteiger partial charge >= 0.3 is 0 Å². The molecule has 2 heterocycles. The lowest BCUT2D eigenvalue weighted by Crippen LogP contribution is -2.40. The van der Waals surface area contributed by atoms with Crippen molar-refractivity contribution in [2.24, 2.45) is 0 Å². The molecule has 1 fully saturated rings. The molecule has 0 aliphatic carbocycles. The van der Waals surface area contributed by atoms with Crippen LogP contribution in [0.2, 0.25) is 0 Å². The van der Waals surface area contributed by atoms with E-state index in [4.69, 9.17) is 4.74 Å². The van der Waals surface area contributed by atoms with Gasteiger partial charge in [-0.3, -0.25) is 19.3 Å². The second kappa shape index (κ2) is 8.54. The topological polar surface area (TPSA) is 104 Å². The average molecular weight is 386 g/mol. The number of imidazole rings is 1. The van der Waals surface area contributed by atoms with Crippen molar-refractivity contribution in [2.45, 2.75) is 6.42 Å². The van der Waals surface area contributed by atoms with E-state index in [1.807, 2.05) is 12.1 Å². The van der Waals surface area contributed by atoms with Gasteiger partial charge in [-0.1, -0.05) is 18.2 Å². The summed E-state index contributed by atoms with van der Waals surface area (Å²) < 4.78 is 5.25. The smallest absolute Gasteiger partial charge is 0.294 e. The van der Waals surface area contributed by atoms with Gasteiger partial charge in [0.1, 0.15) is 12.3 Å². The molecule has 1 aliphatic heterocycles. The molecule has 0 spiro atoms. The molecule has 0 bridgehead atoms. The predicted molar refractivity (Wildman–Crippen MR) is 101 cm³/mol. The van der Waals surface area contributed by atoms with Crippen LogP contribution in [0.25, 0.3) is 6.08 Å². The number of imide groups is 1. The number of amides is 3. The number of para-hydroxylation sites is 1. The van der Waals surface area contributed by atoms with E-state index in [0.717, 1.165) is 22.4 Å². The van der Waals surface area contributed by atoms with E-state index in [2.05, 4.69) is 15.3 Å². The maximum Gasteiger partial charge on any atom is 0.294 e. The lowest BCUT2D eigenvalue weighted by molar-refractivity contribution is -0.129. The Morgan fingerprint density at radius 3 is 2.93 bits per heavy atom. The van der Waals surface area contributed by atoms with Gasteiger partial charge in [-0.25, -0.2) is 4.98 Å². The Bertz CT molecular complexity index is 879. The van der Waals surface area contributed by atoms with Crippen LogP contribution in [0, 0.1) is 0 Å². The molecule has 0 saturated carbocycles. The number of ether oxygens (including phenoxy) is 1. The Hall–Kier alpha value is -3.07. The summed E-state index contributed by atoms with van der Waals surface area (Å²) in [6.45, 7) is 0.0746. The van der Waals surface area contributed by atoms with E-state index in [9.17, 15) is 14.4 Å². The lowest BCUT2D eigenvalue weighted by Gasteiger charge is -2.12. The highest BCUT2D eigenvalue weighted by Gasteiger charge is 2.36. The highest BCUT2D eigenvalue weighted by atomic mass is 32.2. The average Bonchev–Trinajstić information content (AvgIpc) is 3.26. The van der Waals surface area contributed by atoms with Crippen molar-refractivity contribution >= 4 is 34.9 Å². The molecule has 1 saturated heterocycles. The van der Waals surface area contributed by atoms with Crippen LogP contribution in [-0.2, 0) is 16.0 Å². The molecular weight excluding hydrogens is 368 g/mol. The fraction of sp³-hybridized carbons (Fsp3) is 0.222. The summed E-state index contributed by atoms with van der Waals surface area (Å²) in [4.78, 5) is 44.7. The molecule has 140 valence electrons. The highest BCUT2D eigenvalue weighted by molar-refractivity contribution is 8.18. The van der Waals surface area contributed by atoms with Crippen molar-refractivity contribution in [1.29, 1.82) is 0 Å². The summed E-state index contributed by atoms with van der Waals surface area (Å²) in [5, 5.41) is 2.22. The van der Waals surface area contributed by atoms with Crippen LogP contribution in [0.15, 0.2) is 41.7 Å². The zero-order valence-electron chi connectivity index (χ0n) is 14.6. The van der Waals surface area contributed by atoms with Gasteiger partial charge in [-0.2, -0.15) is 0 Å². The fourth-order valence-electron chi connectivity index (χ4n) is 2.52. The quantitative estimate of drug-likeness (QED) is 0.704. The number of hydrogen-bond acceptors (Lipinski definition) is 6. The summed E-state index contributed by atoms with van der Waals surface area (Å²) in [7, 11) is 1.53. The standard InChI is InChI=1S/C18H18N4O4S/c1-26-14-5-3-2-4-12(14)8-15-17(24)22(18(25)27-15)10-16(23)20-7-6-13-9-19-11-21-13/h2-5,8-9,11H,6-7,10H2,1H3,(H,19,21)(H,20,23). The van der Waals surface area contributed by atoms with Gasteiger partial charge in [0.15, 0.2) is 0 Å². The molecule has 27 heavy (non-hydrogen) atoms. The summed E-state index contributed by atoms with van der Waals surface area (Å²) in [5.74, 6) is -0.282. The fourth-order valence-corrected chi connectivity index (χ4v) is 3.35. The first-order valence-corrected chi connectivity index (χ1v) is 9.02. The van der Waals surface area contributed by atoms with Gasteiger partial charge in [-0.15, -0.1) is 0 Å². The third-order valence-electron chi connectivity index (χ3n) is 3.87. The van der Waals surface area contributed by atoms with Crippen molar-refractivity contribution in [3.8, 4) is 5.75 Å². The third kappa shape index (κ3) is 4.56. The van der Waals surface area contributed by atoms with E-state index < -0.39 is 17.1 Å². The Labute approximate surface area is 160 Å². The van der Waals surface area contributed by atoms with E-state index in [1.54, 1.807) is 30.7 Å². The van der Waals surface area contributed by atoms with E-state index in [-0.39, 0.29) is 11.4 Å². The monoisotopic (exact) mass is 386 g/mol. The molecular formula is C18H18N4O4S. The number of benzene rings is 1. The normalized spacial score (nSPS) is 15.4. The van der Waals surface area contributed by atoms with Crippen LogP contribution in [0.4, 0.5) is 4.79 Å². The summed E-state index contributed by atoms with van der Waals surface area (Å²) >= 11 is 0.809. The van der Waals surface area contributed by atoms with Crippen molar-refractivity contribution in [1.82, 2.24) is 20.2 Å². The second-order valence-electron chi connectivity index (χ2n) is 5.69. The van der Waals surface area contributed by atoms with Crippen molar-refractivity contribution in [2.75, 3.05) is 20.2 Å². The number of carbonyl (C=O) groups excluding carboxylic acids is 3. The van der Waals surface area contributed by atoms with Crippen LogP contribution in [0.1, 0.15) is 11.3 Å². The highest BCUT2D eigenvalue weighted by Crippen LogP contribution is 2.33. The molecule has 8 nitrogen and oxygen atoms in total. The molecule has 0 atom stereocenters. The Morgan fingerprint density at radius 2 is 2.19 bits per heavy atom. The van der Waals surface area contributed by atoms with Crippen LogP contribution >= 0.6 is 11.8 Å². The Balaban J connectivity index is 1.60. The molecule has 0 unspecified atom stereocenters. The van der Waals surface area contributed by atoms with Crippen molar-refractivity contribution < 1.29 is 19.1 Å². The molecule has 1 aromatic heterocycles. The summed E-state index contributed by atoms with van der Waals surface area (Å²) in [5.41, 5.74) is 1.58. The minimum atomic E-state index is -0.486. The molecule has 1 aliphatic rings. The number of rotatable bonds is 7. The van der Waals surface area contributed by atoms with Gasteiger partial charge in [0.2, 0.25) is 5.91 Å². The molecule has 0 radical (unpaired) electrons. The minimum Gasteiger partial charge on any atom is -0.496 e. The predicted octanol–water partition coefficient (Wildman–Crippen LogP) is 1.81. The molecule has 3 rings (SSSR count). The van der Waals surface area contributed by atoms with Crippen LogP contribution in [0.5, 0.6) is 5.75 Å². The number of methoxy groups -OCH3 is 1. The lowest BCUT2D eigenvalue weighted by atomic mass is 10.2. The number of thioether (sulfide) groups is 1. The zero-order chi connectivity index (χ0) is 19.2. The van der Waals surface area contributed by atoms with E-state index >= 15 is 0 Å². The number of nitrogens with zero attached hydrogens (tertiary/aromatic N) is 2. The van der Waals surface area contributed by atoms with Crippen LogP contribution in [-0.4, -0.2) is 52.1 Å². The summed E-state index contributed by atoms with van der Waals surface area (Å²) in [6.07, 6.45) is 5.41. The number of aromatic amines is 1. The first kappa shape index (κ1) is 18.7. The molecule has 3 amide bonds. The molecule has 2 N–H and O–H groups in total. The second-order valence-corrected chi connectivity index (χ2v) is 6.68. The Morgan fingerprint density at radius 1 is 1.37 bits per heavy atom. The first-order chi connectivity index (χ1) is 13.1. The van der Waals surface area contributed by atoms with Gasteiger partial charge in [0, 0.05) is 30.4 Å². The zero-order valence-corrected chi connectivity index (χ0v) is 15.4. The van der Waals surface area contributed by atoms with Crippen molar-refractivity contribution in [3.05, 3.63) is 53.0 Å². The van der Waals surface area contributed by atoms with Gasteiger partial charge < -0.3 is 15.0 Å². The van der Waals surface area contributed by atoms with Crippen molar-refractivity contribution in [3.63, 3.8) is 0 Å². The molecule has 1 aromatic carbocycles.